The van der Waals surface area contributed by atoms with Crippen molar-refractivity contribution >= 4 is 0 Å². The lowest BCUT2D eigenvalue weighted by molar-refractivity contribution is 0.0800. The predicted octanol–water partition coefficient (Wildman–Crippen LogP) is -0.293. The lowest BCUT2D eigenvalue weighted by Gasteiger charge is -2.38. The van der Waals surface area contributed by atoms with Crippen LogP contribution in [0.2, 0.25) is 0 Å². The molecule has 1 aromatic rings. The Kier molecular flexibility index (Phi) is 4.09. The van der Waals surface area contributed by atoms with E-state index >= 15 is 0 Å². The third-order valence-electron chi connectivity index (χ3n) is 3.23. The summed E-state index contributed by atoms with van der Waals surface area (Å²) in [6.45, 7) is 6.45. The Morgan fingerprint density at radius 2 is 2.12 bits per heavy atom. The summed E-state index contributed by atoms with van der Waals surface area (Å²) in [6.07, 6.45) is 0.788. The van der Waals surface area contributed by atoms with Crippen molar-refractivity contribution in [2.24, 2.45) is 5.73 Å². The van der Waals surface area contributed by atoms with E-state index in [2.05, 4.69) is 27.0 Å². The van der Waals surface area contributed by atoms with Gasteiger partial charge in [0.05, 0.1) is 6.54 Å². The molecule has 0 bridgehead atoms. The molecule has 0 spiro atoms. The number of aromatic nitrogens is 2. The zero-order valence-corrected chi connectivity index (χ0v) is 10.6. The van der Waals surface area contributed by atoms with Gasteiger partial charge in [-0.05, 0) is 7.05 Å². The van der Waals surface area contributed by atoms with E-state index in [-0.39, 0.29) is 0 Å². The van der Waals surface area contributed by atoms with Crippen molar-refractivity contribution < 1.29 is 4.42 Å². The minimum Gasteiger partial charge on any atom is -0.424 e. The minimum absolute atomic E-state index is 0.380. The van der Waals surface area contributed by atoms with E-state index < -0.39 is 0 Å². The lowest BCUT2D eigenvalue weighted by atomic mass is 10.2. The monoisotopic (exact) mass is 239 g/mol. The number of aryl methyl sites for hydroxylation is 1. The highest BCUT2D eigenvalue weighted by Crippen LogP contribution is 2.12. The van der Waals surface area contributed by atoms with E-state index in [0.717, 1.165) is 26.1 Å². The maximum atomic E-state index is 5.81. The molecule has 1 aromatic heterocycles. The third kappa shape index (κ3) is 3.02. The topological polar surface area (TPSA) is 71.4 Å². The van der Waals surface area contributed by atoms with Gasteiger partial charge < -0.3 is 15.1 Å². The van der Waals surface area contributed by atoms with Crippen LogP contribution in [0.25, 0.3) is 0 Å². The third-order valence-corrected chi connectivity index (χ3v) is 3.23. The SMILES string of the molecule is CCc1nnc(CN2CCN(C)CC2CN)o1. The maximum Gasteiger partial charge on any atom is 0.230 e. The average Bonchev–Trinajstić information content (AvgIpc) is 2.79. The first-order chi connectivity index (χ1) is 8.22. The van der Waals surface area contributed by atoms with Gasteiger partial charge in [0.25, 0.3) is 0 Å². The van der Waals surface area contributed by atoms with E-state index in [9.17, 15) is 0 Å². The summed E-state index contributed by atoms with van der Waals surface area (Å²) in [4.78, 5) is 4.63. The molecule has 0 saturated carbocycles. The summed E-state index contributed by atoms with van der Waals surface area (Å²) < 4.78 is 5.54. The Bertz CT molecular complexity index is 353. The summed E-state index contributed by atoms with van der Waals surface area (Å²) in [5, 5.41) is 8.04. The highest BCUT2D eigenvalue weighted by molar-refractivity contribution is 4.87. The Morgan fingerprint density at radius 3 is 2.76 bits per heavy atom. The highest BCUT2D eigenvalue weighted by Gasteiger charge is 2.25. The summed E-state index contributed by atoms with van der Waals surface area (Å²) in [5.74, 6) is 1.41. The van der Waals surface area contributed by atoms with E-state index in [1.807, 2.05) is 6.92 Å². The molecule has 1 fully saturated rings. The second-order valence-corrected chi connectivity index (χ2v) is 4.57. The summed E-state index contributed by atoms with van der Waals surface area (Å²) in [6, 6.07) is 0.380. The van der Waals surface area contributed by atoms with Gasteiger partial charge in [-0.15, -0.1) is 10.2 Å². The summed E-state index contributed by atoms with van der Waals surface area (Å²) in [7, 11) is 2.13. The van der Waals surface area contributed by atoms with E-state index in [1.54, 1.807) is 0 Å². The minimum atomic E-state index is 0.380. The van der Waals surface area contributed by atoms with Gasteiger partial charge in [0.1, 0.15) is 0 Å². The molecule has 6 nitrogen and oxygen atoms in total. The van der Waals surface area contributed by atoms with Crippen LogP contribution >= 0.6 is 0 Å². The van der Waals surface area contributed by atoms with Crippen LogP contribution in [0.15, 0.2) is 4.42 Å². The van der Waals surface area contributed by atoms with Crippen LogP contribution in [-0.2, 0) is 13.0 Å². The van der Waals surface area contributed by atoms with Crippen molar-refractivity contribution in [3.63, 3.8) is 0 Å². The normalized spacial score (nSPS) is 23.1. The van der Waals surface area contributed by atoms with Crippen molar-refractivity contribution in [2.45, 2.75) is 25.9 Å². The van der Waals surface area contributed by atoms with E-state index in [1.165, 1.54) is 0 Å². The van der Waals surface area contributed by atoms with Gasteiger partial charge in [-0.3, -0.25) is 4.90 Å². The van der Waals surface area contributed by atoms with Gasteiger partial charge in [-0.25, -0.2) is 0 Å². The molecule has 17 heavy (non-hydrogen) atoms. The zero-order valence-electron chi connectivity index (χ0n) is 10.6. The van der Waals surface area contributed by atoms with E-state index in [0.29, 0.717) is 30.9 Å². The van der Waals surface area contributed by atoms with Gasteiger partial charge in [0.2, 0.25) is 11.8 Å². The Labute approximate surface area is 102 Å². The number of rotatable bonds is 4. The molecule has 0 amide bonds. The first kappa shape index (κ1) is 12.5. The van der Waals surface area contributed by atoms with Gasteiger partial charge in [-0.1, -0.05) is 6.92 Å². The molecule has 96 valence electrons. The molecule has 1 atom stereocenters. The summed E-state index contributed by atoms with van der Waals surface area (Å²) in [5.41, 5.74) is 5.81. The molecule has 0 aromatic carbocycles. The largest absolute Gasteiger partial charge is 0.424 e. The van der Waals surface area contributed by atoms with Crippen LogP contribution in [0, 0.1) is 0 Å². The van der Waals surface area contributed by atoms with Gasteiger partial charge >= 0.3 is 0 Å². The molecule has 2 heterocycles. The number of piperazine rings is 1. The van der Waals surface area contributed by atoms with Crippen molar-refractivity contribution in [1.29, 1.82) is 0 Å². The molecule has 1 saturated heterocycles. The molecular weight excluding hydrogens is 218 g/mol. The van der Waals surface area contributed by atoms with Crippen molar-refractivity contribution in [3.05, 3.63) is 11.8 Å². The number of hydrogen-bond acceptors (Lipinski definition) is 6. The van der Waals surface area contributed by atoms with Crippen LogP contribution < -0.4 is 5.73 Å². The molecule has 1 aliphatic rings. The molecule has 2 rings (SSSR count). The summed E-state index contributed by atoms with van der Waals surface area (Å²) >= 11 is 0. The lowest BCUT2D eigenvalue weighted by Crippen LogP contribution is -2.54. The molecule has 2 N–H and O–H groups in total. The van der Waals surface area contributed by atoms with Crippen molar-refractivity contribution in [1.82, 2.24) is 20.0 Å². The van der Waals surface area contributed by atoms with Crippen LogP contribution in [0.5, 0.6) is 0 Å². The van der Waals surface area contributed by atoms with Gasteiger partial charge in [0.15, 0.2) is 0 Å². The molecular formula is C11H21N5O. The smallest absolute Gasteiger partial charge is 0.230 e. The fourth-order valence-electron chi connectivity index (χ4n) is 2.15. The zero-order chi connectivity index (χ0) is 12.3. The maximum absolute atomic E-state index is 5.81. The van der Waals surface area contributed by atoms with Crippen LogP contribution in [0.3, 0.4) is 0 Å². The quantitative estimate of drug-likeness (QED) is 0.778. The average molecular weight is 239 g/mol. The van der Waals surface area contributed by atoms with Crippen LogP contribution in [0.1, 0.15) is 18.7 Å². The fourth-order valence-corrected chi connectivity index (χ4v) is 2.15. The van der Waals surface area contributed by atoms with Gasteiger partial charge in [-0.2, -0.15) is 0 Å². The molecule has 0 radical (unpaired) electrons. The number of likely N-dealkylation sites (N-methyl/N-ethyl adjacent to an activating group) is 1. The Morgan fingerprint density at radius 1 is 1.35 bits per heavy atom. The fraction of sp³-hybridized carbons (Fsp3) is 0.818. The van der Waals surface area contributed by atoms with Crippen molar-refractivity contribution in [3.8, 4) is 0 Å². The standard InChI is InChI=1S/C11H21N5O/c1-3-10-13-14-11(17-10)8-16-5-4-15(2)7-9(16)6-12/h9H,3-8,12H2,1-2H3. The van der Waals surface area contributed by atoms with Crippen molar-refractivity contribution in [2.75, 3.05) is 33.2 Å². The Hall–Kier alpha value is -0.980. The highest BCUT2D eigenvalue weighted by atomic mass is 16.4. The second kappa shape index (κ2) is 5.57. The molecule has 1 unspecified atom stereocenters. The van der Waals surface area contributed by atoms with E-state index in [4.69, 9.17) is 10.2 Å². The first-order valence-electron chi connectivity index (χ1n) is 6.16. The molecule has 0 aliphatic carbocycles. The Balaban J connectivity index is 1.97. The molecule has 1 aliphatic heterocycles. The first-order valence-corrected chi connectivity index (χ1v) is 6.16. The predicted molar refractivity (Wildman–Crippen MR) is 64.4 cm³/mol. The number of nitrogens with zero attached hydrogens (tertiary/aromatic N) is 4. The van der Waals surface area contributed by atoms with Crippen LogP contribution in [-0.4, -0.2) is 59.3 Å². The second-order valence-electron chi connectivity index (χ2n) is 4.57. The molecule has 6 heteroatoms. The van der Waals surface area contributed by atoms with Gasteiger partial charge in [0, 0.05) is 38.6 Å². The van der Waals surface area contributed by atoms with Crippen LogP contribution in [0.4, 0.5) is 0 Å². The number of hydrogen-bond donors (Lipinski definition) is 1. The number of nitrogens with two attached hydrogens (primary N) is 1.